The third-order valence-corrected chi connectivity index (χ3v) is 5.03. The minimum atomic E-state index is 0.248. The molecule has 1 aliphatic carbocycles. The van der Waals surface area contributed by atoms with Crippen LogP contribution in [0.4, 0.5) is 17.6 Å². The van der Waals surface area contributed by atoms with Gasteiger partial charge in [-0.05, 0) is 37.8 Å². The Labute approximate surface area is 147 Å². The van der Waals surface area contributed by atoms with Crippen molar-refractivity contribution in [1.82, 2.24) is 19.9 Å². The number of nitrogens with one attached hydrogen (secondary N) is 1. The first-order chi connectivity index (χ1) is 12.2. The van der Waals surface area contributed by atoms with Crippen molar-refractivity contribution in [2.75, 3.05) is 24.2 Å². The van der Waals surface area contributed by atoms with E-state index in [1.165, 1.54) is 12.8 Å². The van der Waals surface area contributed by atoms with Crippen molar-refractivity contribution in [2.45, 2.75) is 44.9 Å². The van der Waals surface area contributed by atoms with Gasteiger partial charge in [-0.2, -0.15) is 15.0 Å². The van der Waals surface area contributed by atoms with Crippen LogP contribution in [0.5, 0.6) is 0 Å². The second-order valence-electron chi connectivity index (χ2n) is 6.75. The van der Waals surface area contributed by atoms with E-state index in [-0.39, 0.29) is 5.95 Å². The molecule has 132 valence electrons. The predicted molar refractivity (Wildman–Crippen MR) is 96.5 cm³/mol. The van der Waals surface area contributed by atoms with Gasteiger partial charge in [0.1, 0.15) is 5.82 Å². The molecule has 25 heavy (non-hydrogen) atoms. The summed E-state index contributed by atoms with van der Waals surface area (Å²) in [5.41, 5.74) is 8.02. The summed E-state index contributed by atoms with van der Waals surface area (Å²) in [6.45, 7) is 4.41. The van der Waals surface area contributed by atoms with E-state index in [1.54, 1.807) is 0 Å². The molecule has 2 fully saturated rings. The van der Waals surface area contributed by atoms with Crippen LogP contribution >= 0.6 is 0 Å². The molecule has 2 aromatic rings. The van der Waals surface area contributed by atoms with Gasteiger partial charge >= 0.3 is 0 Å². The molecule has 0 radical (unpaired) electrons. The van der Waals surface area contributed by atoms with Gasteiger partial charge in [0.15, 0.2) is 0 Å². The summed E-state index contributed by atoms with van der Waals surface area (Å²) in [6.07, 6.45) is 3.92. The lowest BCUT2D eigenvalue weighted by Crippen LogP contribution is -2.48. The molecule has 4 rings (SSSR count). The molecular weight excluding hydrogens is 316 g/mol. The zero-order valence-corrected chi connectivity index (χ0v) is 14.5. The van der Waals surface area contributed by atoms with Gasteiger partial charge in [0.2, 0.25) is 11.9 Å². The highest BCUT2D eigenvalue weighted by molar-refractivity contribution is 5.58. The van der Waals surface area contributed by atoms with Gasteiger partial charge in [0.25, 0.3) is 0 Å². The number of nitrogen functional groups attached to an aromatic ring is 1. The third kappa shape index (κ3) is 3.57. The Morgan fingerprint density at radius 1 is 1.24 bits per heavy atom. The third-order valence-electron chi connectivity index (χ3n) is 5.03. The van der Waals surface area contributed by atoms with Crippen LogP contribution in [0.1, 0.15) is 30.7 Å². The molecule has 1 saturated carbocycles. The Morgan fingerprint density at radius 3 is 3.00 bits per heavy atom. The first-order valence-corrected chi connectivity index (χ1v) is 8.88. The first-order valence-electron chi connectivity index (χ1n) is 8.88. The minimum absolute atomic E-state index is 0.248. The maximum Gasteiger partial charge on any atom is 0.232 e. The first kappa shape index (κ1) is 16.2. The van der Waals surface area contributed by atoms with Crippen molar-refractivity contribution < 1.29 is 4.74 Å². The fraction of sp³-hybridized carbons (Fsp3) is 0.500. The number of hydrogen-bond acceptors (Lipinski definition) is 7. The smallest absolute Gasteiger partial charge is 0.232 e. The second-order valence-corrected chi connectivity index (χ2v) is 6.75. The molecule has 0 bridgehead atoms. The molecule has 3 N–H and O–H groups in total. The lowest BCUT2D eigenvalue weighted by atomic mass is 10.1. The molecular formula is C18H24N6O. The van der Waals surface area contributed by atoms with E-state index in [1.807, 2.05) is 31.2 Å². The average molecular weight is 340 g/mol. The largest absolute Gasteiger partial charge is 0.375 e. The fourth-order valence-corrected chi connectivity index (χ4v) is 3.78. The van der Waals surface area contributed by atoms with E-state index in [0.717, 1.165) is 30.8 Å². The zero-order valence-electron chi connectivity index (χ0n) is 14.5. The van der Waals surface area contributed by atoms with Crippen molar-refractivity contribution >= 4 is 17.6 Å². The maximum atomic E-state index is 5.92. The Balaban J connectivity index is 1.52. The van der Waals surface area contributed by atoms with E-state index in [0.29, 0.717) is 30.5 Å². The number of aromatic nitrogens is 3. The number of aryl methyl sites for hydroxylation is 1. The molecule has 0 amide bonds. The molecule has 7 heteroatoms. The van der Waals surface area contributed by atoms with Gasteiger partial charge < -0.3 is 15.8 Å². The van der Waals surface area contributed by atoms with E-state index >= 15 is 0 Å². The molecule has 7 nitrogen and oxygen atoms in total. The van der Waals surface area contributed by atoms with Crippen LogP contribution in [-0.2, 0) is 11.3 Å². The van der Waals surface area contributed by atoms with Gasteiger partial charge in [-0.3, -0.25) is 4.90 Å². The fourth-order valence-electron chi connectivity index (χ4n) is 3.78. The predicted octanol–water partition coefficient (Wildman–Crippen LogP) is 2.26. The molecule has 2 atom stereocenters. The molecule has 1 aliphatic heterocycles. The van der Waals surface area contributed by atoms with Crippen LogP contribution in [-0.4, -0.2) is 45.1 Å². The van der Waals surface area contributed by atoms with Gasteiger partial charge in [0.05, 0.1) is 19.3 Å². The van der Waals surface area contributed by atoms with E-state index in [9.17, 15) is 0 Å². The number of benzene rings is 1. The molecule has 2 unspecified atom stereocenters. The van der Waals surface area contributed by atoms with E-state index in [4.69, 9.17) is 10.5 Å². The standard InChI is InChI=1S/C18H24N6O/c1-12-5-2-3-6-13(12)20-18-22-16(21-17(19)23-18)11-24-9-10-25-15-8-4-7-14(15)24/h2-3,5-6,14-15H,4,7-11H2,1H3,(H3,19,20,21,22,23). The lowest BCUT2D eigenvalue weighted by molar-refractivity contribution is -0.0596. The summed E-state index contributed by atoms with van der Waals surface area (Å²) in [6, 6.07) is 8.50. The van der Waals surface area contributed by atoms with Gasteiger partial charge in [-0.25, -0.2) is 0 Å². The summed E-state index contributed by atoms with van der Waals surface area (Å²) < 4.78 is 5.88. The Bertz CT molecular complexity index is 752. The van der Waals surface area contributed by atoms with Crippen LogP contribution in [0, 0.1) is 6.92 Å². The Hall–Kier alpha value is -2.25. The number of morpholine rings is 1. The highest BCUT2D eigenvalue weighted by atomic mass is 16.5. The summed E-state index contributed by atoms with van der Waals surface area (Å²) in [5.74, 6) is 1.45. The number of para-hydroxylation sites is 1. The van der Waals surface area contributed by atoms with E-state index < -0.39 is 0 Å². The number of nitrogens with two attached hydrogens (primary N) is 1. The molecule has 1 aromatic heterocycles. The van der Waals surface area contributed by atoms with Crippen molar-refractivity contribution in [1.29, 1.82) is 0 Å². The zero-order chi connectivity index (χ0) is 17.2. The maximum absolute atomic E-state index is 5.92. The highest BCUT2D eigenvalue weighted by Crippen LogP contribution is 2.30. The molecule has 2 heterocycles. The molecule has 1 saturated heterocycles. The Morgan fingerprint density at radius 2 is 2.12 bits per heavy atom. The second kappa shape index (κ2) is 6.93. The number of ether oxygens (including phenoxy) is 1. The average Bonchev–Trinajstić information content (AvgIpc) is 3.06. The van der Waals surface area contributed by atoms with Crippen LogP contribution < -0.4 is 11.1 Å². The van der Waals surface area contributed by atoms with Crippen LogP contribution in [0.15, 0.2) is 24.3 Å². The van der Waals surface area contributed by atoms with Crippen molar-refractivity contribution in [3.05, 3.63) is 35.7 Å². The van der Waals surface area contributed by atoms with Crippen molar-refractivity contribution in [3.8, 4) is 0 Å². The summed E-state index contributed by atoms with van der Waals surface area (Å²) in [7, 11) is 0. The van der Waals surface area contributed by atoms with Crippen LogP contribution in [0.3, 0.4) is 0 Å². The number of fused-ring (bicyclic) bond motifs is 1. The Kier molecular flexibility index (Phi) is 4.50. The van der Waals surface area contributed by atoms with Crippen molar-refractivity contribution in [3.63, 3.8) is 0 Å². The SMILES string of the molecule is Cc1ccccc1Nc1nc(N)nc(CN2CCOC3CCCC32)n1. The van der Waals surface area contributed by atoms with Crippen LogP contribution in [0.2, 0.25) is 0 Å². The quantitative estimate of drug-likeness (QED) is 0.882. The molecule has 1 aromatic carbocycles. The molecule has 0 spiro atoms. The normalized spacial score (nSPS) is 23.4. The number of rotatable bonds is 4. The topological polar surface area (TPSA) is 89.2 Å². The van der Waals surface area contributed by atoms with Gasteiger partial charge in [-0.15, -0.1) is 0 Å². The lowest BCUT2D eigenvalue weighted by Gasteiger charge is -2.37. The van der Waals surface area contributed by atoms with Crippen molar-refractivity contribution in [2.24, 2.45) is 0 Å². The summed E-state index contributed by atoms with van der Waals surface area (Å²) in [4.78, 5) is 15.6. The van der Waals surface area contributed by atoms with Gasteiger partial charge in [0, 0.05) is 18.3 Å². The van der Waals surface area contributed by atoms with Gasteiger partial charge in [-0.1, -0.05) is 18.2 Å². The summed E-state index contributed by atoms with van der Waals surface area (Å²) in [5, 5.41) is 3.25. The highest BCUT2D eigenvalue weighted by Gasteiger charge is 2.36. The number of nitrogens with zero attached hydrogens (tertiary/aromatic N) is 4. The van der Waals surface area contributed by atoms with E-state index in [2.05, 4.69) is 25.2 Å². The molecule has 2 aliphatic rings. The number of hydrogen-bond donors (Lipinski definition) is 2. The monoisotopic (exact) mass is 340 g/mol. The number of anilines is 3. The van der Waals surface area contributed by atoms with Crippen LogP contribution in [0.25, 0.3) is 0 Å². The summed E-state index contributed by atoms with van der Waals surface area (Å²) >= 11 is 0. The minimum Gasteiger partial charge on any atom is -0.375 e.